The molecular formula is C16H15F2NO3. The highest BCUT2D eigenvalue weighted by atomic mass is 19.2. The number of carbonyl (C=O) groups is 1. The summed E-state index contributed by atoms with van der Waals surface area (Å²) in [6, 6.07) is 1.04. The smallest absolute Gasteiger partial charge is 0.341 e. The van der Waals surface area contributed by atoms with Gasteiger partial charge in [-0.15, -0.1) is 0 Å². The molecular weight excluding hydrogens is 292 g/mol. The molecule has 1 heterocycles. The van der Waals surface area contributed by atoms with Gasteiger partial charge in [-0.1, -0.05) is 13.3 Å². The van der Waals surface area contributed by atoms with E-state index in [1.165, 1.54) is 6.20 Å². The van der Waals surface area contributed by atoms with Crippen molar-refractivity contribution in [2.45, 2.75) is 38.6 Å². The summed E-state index contributed by atoms with van der Waals surface area (Å²) in [6.45, 7) is 1.79. The molecule has 0 atom stereocenters. The molecule has 4 nitrogen and oxygen atoms in total. The van der Waals surface area contributed by atoms with Gasteiger partial charge in [-0.25, -0.2) is 13.6 Å². The number of carboxylic acids is 1. The van der Waals surface area contributed by atoms with Gasteiger partial charge in [-0.2, -0.15) is 0 Å². The maximum Gasteiger partial charge on any atom is 0.341 e. The van der Waals surface area contributed by atoms with Crippen molar-refractivity contribution in [2.24, 2.45) is 0 Å². The van der Waals surface area contributed by atoms with Gasteiger partial charge in [0.1, 0.15) is 5.56 Å². The van der Waals surface area contributed by atoms with Gasteiger partial charge >= 0.3 is 5.97 Å². The van der Waals surface area contributed by atoms with Crippen molar-refractivity contribution in [3.05, 3.63) is 45.2 Å². The lowest BCUT2D eigenvalue weighted by atomic mass is 10.0. The summed E-state index contributed by atoms with van der Waals surface area (Å²) in [5.74, 6) is -3.42. The van der Waals surface area contributed by atoms with Gasteiger partial charge in [0.05, 0.1) is 10.9 Å². The molecule has 0 spiro atoms. The predicted molar refractivity (Wildman–Crippen MR) is 77.3 cm³/mol. The zero-order chi connectivity index (χ0) is 16.0. The highest BCUT2D eigenvalue weighted by Crippen LogP contribution is 2.38. The maximum absolute atomic E-state index is 14.1. The lowest BCUT2D eigenvalue weighted by molar-refractivity contribution is 0.0695. The number of rotatable bonds is 4. The van der Waals surface area contributed by atoms with Crippen molar-refractivity contribution in [3.8, 4) is 0 Å². The highest BCUT2D eigenvalue weighted by molar-refractivity contribution is 5.94. The number of nitrogens with zero attached hydrogens (tertiary/aromatic N) is 1. The minimum absolute atomic E-state index is 0.00690. The van der Waals surface area contributed by atoms with Crippen molar-refractivity contribution in [3.63, 3.8) is 0 Å². The Morgan fingerprint density at radius 1 is 1.41 bits per heavy atom. The number of aryl methyl sites for hydroxylation is 1. The molecule has 0 amide bonds. The summed E-state index contributed by atoms with van der Waals surface area (Å²) in [5.41, 5.74) is -0.899. The minimum Gasteiger partial charge on any atom is -0.477 e. The second-order valence-electron chi connectivity index (χ2n) is 5.61. The standard InChI is InChI=1S/C16H15F2NO3/c1-2-3-9-13-12(6-11(17)14(9)18)19(8-4-5-8)7-10(15(13)20)16(21)22/h6-8H,2-5H2,1H3,(H,21,22). The van der Waals surface area contributed by atoms with E-state index in [0.717, 1.165) is 18.9 Å². The Hall–Kier alpha value is -2.24. The minimum atomic E-state index is -1.35. The van der Waals surface area contributed by atoms with Crippen molar-refractivity contribution in [1.82, 2.24) is 4.57 Å². The third-order valence-corrected chi connectivity index (χ3v) is 3.98. The Labute approximate surface area is 125 Å². The first kappa shape index (κ1) is 14.7. The van der Waals surface area contributed by atoms with Crippen LogP contribution in [0.1, 0.15) is 48.1 Å². The molecule has 116 valence electrons. The van der Waals surface area contributed by atoms with E-state index in [1.54, 1.807) is 11.5 Å². The van der Waals surface area contributed by atoms with E-state index < -0.39 is 28.6 Å². The SMILES string of the molecule is CCCc1c(F)c(F)cc2c1c(=O)c(C(=O)O)cn2C1CC1. The van der Waals surface area contributed by atoms with Crippen LogP contribution >= 0.6 is 0 Å². The van der Waals surface area contributed by atoms with Crippen LogP contribution in [0.3, 0.4) is 0 Å². The molecule has 1 N–H and O–H groups in total. The molecule has 1 aromatic carbocycles. The number of aromatic carboxylic acids is 1. The van der Waals surface area contributed by atoms with Gasteiger partial charge in [0, 0.05) is 23.9 Å². The molecule has 2 aromatic rings. The molecule has 0 aliphatic heterocycles. The van der Waals surface area contributed by atoms with Crippen LogP contribution in [0, 0.1) is 11.6 Å². The molecule has 0 radical (unpaired) electrons. The first-order valence-electron chi connectivity index (χ1n) is 7.24. The average Bonchev–Trinajstić information content (AvgIpc) is 3.28. The van der Waals surface area contributed by atoms with E-state index in [-0.39, 0.29) is 28.9 Å². The van der Waals surface area contributed by atoms with Crippen LogP contribution in [-0.4, -0.2) is 15.6 Å². The van der Waals surface area contributed by atoms with E-state index in [9.17, 15) is 23.5 Å². The summed E-state index contributed by atoms with van der Waals surface area (Å²) in [5, 5.41) is 9.21. The Kier molecular flexibility index (Phi) is 3.47. The number of pyridine rings is 1. The average molecular weight is 307 g/mol. The van der Waals surface area contributed by atoms with Crippen molar-refractivity contribution in [2.75, 3.05) is 0 Å². The number of hydrogen-bond acceptors (Lipinski definition) is 2. The Morgan fingerprint density at radius 2 is 2.09 bits per heavy atom. The first-order chi connectivity index (χ1) is 10.5. The van der Waals surface area contributed by atoms with Gasteiger partial charge < -0.3 is 9.67 Å². The molecule has 0 saturated heterocycles. The number of carboxylic acid groups (broad SMARTS) is 1. The van der Waals surface area contributed by atoms with Crippen LogP contribution in [0.4, 0.5) is 8.78 Å². The third-order valence-electron chi connectivity index (χ3n) is 3.98. The summed E-state index contributed by atoms with van der Waals surface area (Å²) in [7, 11) is 0. The fourth-order valence-corrected chi connectivity index (χ4v) is 2.81. The Balaban J connectivity index is 2.49. The molecule has 1 aromatic heterocycles. The van der Waals surface area contributed by atoms with E-state index in [1.807, 2.05) is 0 Å². The van der Waals surface area contributed by atoms with E-state index >= 15 is 0 Å². The molecule has 1 saturated carbocycles. The summed E-state index contributed by atoms with van der Waals surface area (Å²) >= 11 is 0. The maximum atomic E-state index is 14.1. The molecule has 1 fully saturated rings. The van der Waals surface area contributed by atoms with Crippen molar-refractivity contribution in [1.29, 1.82) is 0 Å². The summed E-state index contributed by atoms with van der Waals surface area (Å²) in [4.78, 5) is 23.7. The van der Waals surface area contributed by atoms with Gasteiger partial charge in [0.25, 0.3) is 0 Å². The number of benzene rings is 1. The van der Waals surface area contributed by atoms with Crippen LogP contribution in [-0.2, 0) is 6.42 Å². The lowest BCUT2D eigenvalue weighted by Gasteiger charge is -2.15. The van der Waals surface area contributed by atoms with Crippen LogP contribution in [0.25, 0.3) is 10.9 Å². The largest absolute Gasteiger partial charge is 0.477 e. The van der Waals surface area contributed by atoms with Gasteiger partial charge in [0.15, 0.2) is 11.6 Å². The Bertz CT molecular complexity index is 838. The fraction of sp³-hybridized carbons (Fsp3) is 0.375. The molecule has 3 rings (SSSR count). The molecule has 1 aliphatic rings. The van der Waals surface area contributed by atoms with E-state index in [2.05, 4.69) is 0 Å². The van der Waals surface area contributed by atoms with Crippen LogP contribution in [0.2, 0.25) is 0 Å². The van der Waals surface area contributed by atoms with Gasteiger partial charge in [0.2, 0.25) is 5.43 Å². The number of fused-ring (bicyclic) bond motifs is 1. The number of hydrogen-bond donors (Lipinski definition) is 1. The predicted octanol–water partition coefficient (Wildman–Crippen LogP) is 3.27. The topological polar surface area (TPSA) is 59.3 Å². The fourth-order valence-electron chi connectivity index (χ4n) is 2.81. The normalized spacial score (nSPS) is 14.5. The summed E-state index contributed by atoms with van der Waals surface area (Å²) < 4.78 is 29.6. The summed E-state index contributed by atoms with van der Waals surface area (Å²) in [6.07, 6.45) is 3.62. The van der Waals surface area contributed by atoms with Gasteiger partial charge in [-0.05, 0) is 19.3 Å². The second kappa shape index (κ2) is 5.19. The van der Waals surface area contributed by atoms with Crippen molar-refractivity contribution < 1.29 is 18.7 Å². The quantitative estimate of drug-likeness (QED) is 0.943. The molecule has 6 heteroatoms. The molecule has 0 unspecified atom stereocenters. The van der Waals surface area contributed by atoms with Crippen LogP contribution in [0.5, 0.6) is 0 Å². The molecule has 1 aliphatic carbocycles. The molecule has 0 bridgehead atoms. The van der Waals surface area contributed by atoms with Crippen LogP contribution in [0.15, 0.2) is 17.1 Å². The third kappa shape index (κ3) is 2.19. The van der Waals surface area contributed by atoms with Gasteiger partial charge in [-0.3, -0.25) is 4.79 Å². The number of aromatic nitrogens is 1. The molecule has 22 heavy (non-hydrogen) atoms. The van der Waals surface area contributed by atoms with E-state index in [4.69, 9.17) is 0 Å². The zero-order valence-corrected chi connectivity index (χ0v) is 12.0. The number of halogens is 2. The van der Waals surface area contributed by atoms with Crippen LogP contribution < -0.4 is 5.43 Å². The first-order valence-corrected chi connectivity index (χ1v) is 7.24. The zero-order valence-electron chi connectivity index (χ0n) is 12.0. The lowest BCUT2D eigenvalue weighted by Crippen LogP contribution is -2.21. The monoisotopic (exact) mass is 307 g/mol. The van der Waals surface area contributed by atoms with E-state index in [0.29, 0.717) is 6.42 Å². The second-order valence-corrected chi connectivity index (χ2v) is 5.61. The van der Waals surface area contributed by atoms with Crippen molar-refractivity contribution >= 4 is 16.9 Å². The Morgan fingerprint density at radius 3 is 2.64 bits per heavy atom. The highest BCUT2D eigenvalue weighted by Gasteiger charge is 2.29.